The monoisotopic (exact) mass is 237 g/mol. The van der Waals surface area contributed by atoms with Crippen molar-refractivity contribution in [2.45, 2.75) is 25.7 Å². The molecule has 3 N–H and O–H groups in total. The van der Waals surface area contributed by atoms with Crippen LogP contribution in [-0.2, 0) is 0 Å². The highest BCUT2D eigenvalue weighted by atomic mass is 19.1. The highest BCUT2D eigenvalue weighted by Crippen LogP contribution is 2.29. The van der Waals surface area contributed by atoms with Crippen molar-refractivity contribution < 1.29 is 4.39 Å². The first kappa shape index (κ1) is 12.3. The molecule has 0 amide bonds. The molecule has 0 bridgehead atoms. The third kappa shape index (κ3) is 3.40. The van der Waals surface area contributed by atoms with Crippen LogP contribution in [0.4, 0.5) is 10.2 Å². The van der Waals surface area contributed by atoms with Crippen LogP contribution in [0.15, 0.2) is 18.3 Å². The van der Waals surface area contributed by atoms with Gasteiger partial charge in [-0.3, -0.25) is 0 Å². The summed E-state index contributed by atoms with van der Waals surface area (Å²) in [5.74, 6) is 1.69. The zero-order valence-electron chi connectivity index (χ0n) is 10.0. The molecule has 1 aliphatic rings. The van der Waals surface area contributed by atoms with Gasteiger partial charge in [-0.1, -0.05) is 12.8 Å². The van der Waals surface area contributed by atoms with Gasteiger partial charge in [-0.15, -0.1) is 0 Å². The van der Waals surface area contributed by atoms with Gasteiger partial charge < -0.3 is 11.1 Å². The number of nitrogens with one attached hydrogen (secondary N) is 1. The number of nitrogens with two attached hydrogens (primary N) is 1. The van der Waals surface area contributed by atoms with Crippen molar-refractivity contribution in [3.05, 3.63) is 24.1 Å². The third-order valence-electron chi connectivity index (χ3n) is 3.64. The van der Waals surface area contributed by atoms with Gasteiger partial charge in [0.05, 0.1) is 6.20 Å². The Hall–Kier alpha value is -1.16. The Labute approximate surface area is 102 Å². The largest absolute Gasteiger partial charge is 0.370 e. The molecule has 3 nitrogen and oxygen atoms in total. The maximum atomic E-state index is 12.7. The number of hydrogen-bond acceptors (Lipinski definition) is 3. The Bertz CT molecular complexity index is 339. The summed E-state index contributed by atoms with van der Waals surface area (Å²) in [4.78, 5) is 4.00. The smallest absolute Gasteiger partial charge is 0.141 e. The SMILES string of the molecule is NCC1CCCCC1CNc1ccc(F)cn1. The van der Waals surface area contributed by atoms with Gasteiger partial charge in [-0.05, 0) is 43.4 Å². The number of halogens is 1. The van der Waals surface area contributed by atoms with Gasteiger partial charge >= 0.3 is 0 Å². The lowest BCUT2D eigenvalue weighted by atomic mass is 9.79. The van der Waals surface area contributed by atoms with Gasteiger partial charge in [-0.2, -0.15) is 0 Å². The molecule has 2 unspecified atom stereocenters. The van der Waals surface area contributed by atoms with Crippen molar-refractivity contribution in [2.24, 2.45) is 17.6 Å². The predicted molar refractivity (Wildman–Crippen MR) is 67.2 cm³/mol. The molecule has 0 aromatic carbocycles. The summed E-state index contributed by atoms with van der Waals surface area (Å²) in [6, 6.07) is 3.10. The minimum atomic E-state index is -0.298. The van der Waals surface area contributed by atoms with Crippen LogP contribution in [0.1, 0.15) is 25.7 Å². The topological polar surface area (TPSA) is 50.9 Å². The van der Waals surface area contributed by atoms with Crippen LogP contribution >= 0.6 is 0 Å². The summed E-state index contributed by atoms with van der Waals surface area (Å²) in [5, 5.41) is 3.27. The number of pyridine rings is 1. The number of nitrogens with zero attached hydrogens (tertiary/aromatic N) is 1. The van der Waals surface area contributed by atoms with Gasteiger partial charge in [0.1, 0.15) is 11.6 Å². The molecule has 0 saturated heterocycles. The molecular formula is C13H20FN3. The third-order valence-corrected chi connectivity index (χ3v) is 3.64. The maximum Gasteiger partial charge on any atom is 0.141 e. The van der Waals surface area contributed by atoms with E-state index in [1.807, 2.05) is 0 Å². The molecule has 1 saturated carbocycles. The lowest BCUT2D eigenvalue weighted by molar-refractivity contribution is 0.255. The average Bonchev–Trinajstić information content (AvgIpc) is 2.38. The first-order valence-electron chi connectivity index (χ1n) is 6.35. The van der Waals surface area contributed by atoms with Crippen LogP contribution in [0, 0.1) is 17.7 Å². The average molecular weight is 237 g/mol. The molecule has 1 fully saturated rings. The standard InChI is InChI=1S/C13H20FN3/c14-12-5-6-13(17-9-12)16-8-11-4-2-1-3-10(11)7-15/h5-6,9-11H,1-4,7-8,15H2,(H,16,17). The molecule has 2 atom stereocenters. The molecule has 17 heavy (non-hydrogen) atoms. The summed E-state index contributed by atoms with van der Waals surface area (Å²) >= 11 is 0. The lowest BCUT2D eigenvalue weighted by Crippen LogP contribution is -2.31. The van der Waals surface area contributed by atoms with Gasteiger partial charge in [0, 0.05) is 6.54 Å². The fraction of sp³-hybridized carbons (Fsp3) is 0.615. The molecule has 1 aromatic rings. The molecule has 94 valence electrons. The Balaban J connectivity index is 1.86. The second-order valence-corrected chi connectivity index (χ2v) is 4.78. The predicted octanol–water partition coefficient (Wildman–Crippen LogP) is 2.40. The second-order valence-electron chi connectivity index (χ2n) is 4.78. The van der Waals surface area contributed by atoms with Crippen molar-refractivity contribution in [2.75, 3.05) is 18.4 Å². The zero-order chi connectivity index (χ0) is 12.1. The quantitative estimate of drug-likeness (QED) is 0.845. The maximum absolute atomic E-state index is 12.7. The molecular weight excluding hydrogens is 217 g/mol. The molecule has 1 heterocycles. The molecule has 1 aromatic heterocycles. The Morgan fingerprint density at radius 1 is 1.29 bits per heavy atom. The van der Waals surface area contributed by atoms with Gasteiger partial charge in [0.25, 0.3) is 0 Å². The highest BCUT2D eigenvalue weighted by molar-refractivity contribution is 5.33. The van der Waals surface area contributed by atoms with Crippen LogP contribution in [0.25, 0.3) is 0 Å². The molecule has 1 aliphatic carbocycles. The Kier molecular flexibility index (Phi) is 4.31. The normalized spacial score (nSPS) is 24.6. The van der Waals surface area contributed by atoms with Crippen molar-refractivity contribution >= 4 is 5.82 Å². The first-order valence-corrected chi connectivity index (χ1v) is 6.35. The van der Waals surface area contributed by atoms with E-state index in [9.17, 15) is 4.39 Å². The van der Waals surface area contributed by atoms with Gasteiger partial charge in [-0.25, -0.2) is 9.37 Å². The van der Waals surface area contributed by atoms with E-state index in [2.05, 4.69) is 10.3 Å². The van der Waals surface area contributed by atoms with Crippen LogP contribution < -0.4 is 11.1 Å². The van der Waals surface area contributed by atoms with Crippen molar-refractivity contribution in [1.82, 2.24) is 4.98 Å². The fourth-order valence-electron chi connectivity index (χ4n) is 2.58. The minimum Gasteiger partial charge on any atom is -0.370 e. The Morgan fingerprint density at radius 3 is 2.71 bits per heavy atom. The highest BCUT2D eigenvalue weighted by Gasteiger charge is 2.23. The van der Waals surface area contributed by atoms with E-state index in [1.165, 1.54) is 37.9 Å². The summed E-state index contributed by atoms with van der Waals surface area (Å²) in [6.45, 7) is 1.66. The molecule has 4 heteroatoms. The number of aromatic nitrogens is 1. The van der Waals surface area contributed by atoms with Gasteiger partial charge in [0.15, 0.2) is 0 Å². The second kappa shape index (κ2) is 5.96. The van der Waals surface area contributed by atoms with Gasteiger partial charge in [0.2, 0.25) is 0 Å². The number of rotatable bonds is 4. The molecule has 0 spiro atoms. The van der Waals surface area contributed by atoms with Crippen molar-refractivity contribution in [1.29, 1.82) is 0 Å². The van der Waals surface area contributed by atoms with E-state index in [-0.39, 0.29) is 5.82 Å². The minimum absolute atomic E-state index is 0.298. The Morgan fingerprint density at radius 2 is 2.06 bits per heavy atom. The summed E-state index contributed by atoms with van der Waals surface area (Å²) in [6.07, 6.45) is 6.30. The van der Waals surface area contributed by atoms with E-state index < -0.39 is 0 Å². The summed E-state index contributed by atoms with van der Waals surface area (Å²) in [7, 11) is 0. The van der Waals surface area contributed by atoms with E-state index in [4.69, 9.17) is 5.73 Å². The molecule has 0 aliphatic heterocycles. The summed E-state index contributed by atoms with van der Waals surface area (Å²) in [5.41, 5.74) is 5.79. The van der Waals surface area contributed by atoms with Crippen molar-refractivity contribution in [3.63, 3.8) is 0 Å². The zero-order valence-corrected chi connectivity index (χ0v) is 10.0. The van der Waals surface area contributed by atoms with Crippen LogP contribution in [0.3, 0.4) is 0 Å². The van der Waals surface area contributed by atoms with Crippen molar-refractivity contribution in [3.8, 4) is 0 Å². The number of anilines is 1. The molecule has 0 radical (unpaired) electrons. The first-order chi connectivity index (χ1) is 8.29. The van der Waals surface area contributed by atoms with Crippen LogP contribution in [0.2, 0.25) is 0 Å². The summed E-state index contributed by atoms with van der Waals surface area (Å²) < 4.78 is 12.7. The number of hydrogen-bond donors (Lipinski definition) is 2. The lowest BCUT2D eigenvalue weighted by Gasteiger charge is -2.30. The van der Waals surface area contributed by atoms with Crippen LogP contribution in [0.5, 0.6) is 0 Å². The van der Waals surface area contributed by atoms with E-state index >= 15 is 0 Å². The van der Waals surface area contributed by atoms with E-state index in [0.29, 0.717) is 11.8 Å². The van der Waals surface area contributed by atoms with Crippen LogP contribution in [-0.4, -0.2) is 18.1 Å². The van der Waals surface area contributed by atoms with E-state index in [1.54, 1.807) is 6.07 Å². The molecule has 2 rings (SSSR count). The fourth-order valence-corrected chi connectivity index (χ4v) is 2.58. The van der Waals surface area contributed by atoms with E-state index in [0.717, 1.165) is 18.9 Å².